The lowest BCUT2D eigenvalue weighted by molar-refractivity contribution is -0.169. The molecule has 0 aliphatic carbocycles. The van der Waals surface area contributed by atoms with Gasteiger partial charge in [0.1, 0.15) is 24.0 Å². The van der Waals surface area contributed by atoms with Gasteiger partial charge in [0.05, 0.1) is 13.2 Å². The summed E-state index contributed by atoms with van der Waals surface area (Å²) in [4.78, 5) is 45.8. The third-order valence-corrected chi connectivity index (χ3v) is 4.33. The van der Waals surface area contributed by atoms with Gasteiger partial charge >= 0.3 is 23.9 Å². The minimum absolute atomic E-state index is 0.0738. The Bertz CT molecular complexity index is 533. The number of carbonyl (C=O) groups is 4. The maximum absolute atomic E-state index is 11.7. The van der Waals surface area contributed by atoms with Crippen molar-refractivity contribution < 1.29 is 43.6 Å². The highest BCUT2D eigenvalue weighted by Crippen LogP contribution is 2.28. The molecule has 2 unspecified atom stereocenters. The van der Waals surface area contributed by atoms with E-state index in [1.807, 2.05) is 0 Å². The van der Waals surface area contributed by atoms with Gasteiger partial charge in [0.2, 0.25) is 0 Å². The van der Waals surface area contributed by atoms with Crippen molar-refractivity contribution in [1.29, 1.82) is 0 Å². The lowest BCUT2D eigenvalue weighted by Crippen LogP contribution is -2.44. The largest absolute Gasteiger partial charge is 0.481 e. The fraction of sp³-hybridized carbons (Fsp3) is 0.556. The topological polar surface area (TPSA) is 136 Å². The molecule has 0 rings (SSSR count). The van der Waals surface area contributed by atoms with Crippen LogP contribution in [0.25, 0.3) is 0 Å². The van der Waals surface area contributed by atoms with E-state index in [2.05, 4.69) is 13.2 Å². The Morgan fingerprint density at radius 3 is 1.33 bits per heavy atom. The Morgan fingerprint density at radius 1 is 0.778 bits per heavy atom. The van der Waals surface area contributed by atoms with E-state index in [-0.39, 0.29) is 12.8 Å². The first kappa shape index (κ1) is 24.3. The minimum Gasteiger partial charge on any atom is -0.481 e. The van der Waals surface area contributed by atoms with Crippen molar-refractivity contribution in [2.75, 3.05) is 26.4 Å². The minimum atomic E-state index is -1.55. The Morgan fingerprint density at radius 2 is 1.11 bits per heavy atom. The lowest BCUT2D eigenvalue weighted by atomic mass is 9.85. The molecule has 0 bridgehead atoms. The van der Waals surface area contributed by atoms with Crippen LogP contribution in [0.2, 0.25) is 0 Å². The SMILES string of the molecule is C=CC(=O)OCC(CC)(COCC(CC)(COC(=O)C=C)C(=O)O)C(=O)O. The monoisotopic (exact) mass is 386 g/mol. The predicted molar refractivity (Wildman–Crippen MR) is 93.9 cm³/mol. The molecule has 0 heterocycles. The van der Waals surface area contributed by atoms with Crippen molar-refractivity contribution >= 4 is 23.9 Å². The molecule has 0 saturated heterocycles. The van der Waals surface area contributed by atoms with Gasteiger partial charge < -0.3 is 24.4 Å². The second kappa shape index (κ2) is 11.1. The van der Waals surface area contributed by atoms with Gasteiger partial charge in [-0.2, -0.15) is 0 Å². The maximum Gasteiger partial charge on any atom is 0.330 e. The molecule has 0 aliphatic rings. The molecule has 0 aromatic heterocycles. The molecule has 0 fully saturated rings. The van der Waals surface area contributed by atoms with E-state index in [1.165, 1.54) is 0 Å². The first-order valence-corrected chi connectivity index (χ1v) is 8.26. The van der Waals surface area contributed by atoms with E-state index >= 15 is 0 Å². The summed E-state index contributed by atoms with van der Waals surface area (Å²) in [6, 6.07) is 0. The number of hydrogen-bond acceptors (Lipinski definition) is 7. The summed E-state index contributed by atoms with van der Waals surface area (Å²) in [6.45, 7) is 7.92. The quantitative estimate of drug-likeness (QED) is 0.335. The van der Waals surface area contributed by atoms with E-state index in [9.17, 15) is 29.4 Å². The van der Waals surface area contributed by atoms with Gasteiger partial charge in [-0.25, -0.2) is 9.59 Å². The molecule has 0 radical (unpaired) electrons. The molecule has 9 heteroatoms. The van der Waals surface area contributed by atoms with Gasteiger partial charge in [0.15, 0.2) is 0 Å². The number of ether oxygens (including phenoxy) is 3. The molecule has 2 atom stereocenters. The zero-order chi connectivity index (χ0) is 21.1. The molecule has 0 amide bonds. The second-order valence-corrected chi connectivity index (χ2v) is 5.99. The van der Waals surface area contributed by atoms with Crippen LogP contribution in [0.4, 0.5) is 0 Å². The molecule has 27 heavy (non-hydrogen) atoms. The summed E-state index contributed by atoms with van der Waals surface area (Å²) in [5.41, 5.74) is -3.09. The summed E-state index contributed by atoms with van der Waals surface area (Å²) in [5.74, 6) is -4.06. The molecule has 0 aromatic carbocycles. The fourth-order valence-electron chi connectivity index (χ4n) is 2.02. The predicted octanol–water partition coefficient (Wildman–Crippen LogP) is 1.42. The standard InChI is InChI=1S/C18H26O9/c1-5-13(19)26-11-17(7-3,15(21)22)9-25-10-18(8-4,16(23)24)12-27-14(20)6-2/h5-6H,1-2,7-12H2,3-4H3,(H,21,22)(H,23,24). The Hall–Kier alpha value is -2.68. The first-order valence-electron chi connectivity index (χ1n) is 8.26. The number of carbonyl (C=O) groups excluding carboxylic acids is 2. The molecule has 0 aromatic rings. The number of carboxylic acid groups (broad SMARTS) is 2. The van der Waals surface area contributed by atoms with Crippen LogP contribution in [0.3, 0.4) is 0 Å². The zero-order valence-electron chi connectivity index (χ0n) is 15.6. The number of hydrogen-bond donors (Lipinski definition) is 2. The zero-order valence-corrected chi connectivity index (χ0v) is 15.6. The highest BCUT2D eigenvalue weighted by Gasteiger charge is 2.42. The van der Waals surface area contributed by atoms with E-state index in [4.69, 9.17) is 14.2 Å². The highest BCUT2D eigenvalue weighted by atomic mass is 16.5. The van der Waals surface area contributed by atoms with Crippen molar-refractivity contribution in [2.45, 2.75) is 26.7 Å². The van der Waals surface area contributed by atoms with Crippen molar-refractivity contribution in [3.8, 4) is 0 Å². The second-order valence-electron chi connectivity index (χ2n) is 5.99. The van der Waals surface area contributed by atoms with Crippen molar-refractivity contribution in [1.82, 2.24) is 0 Å². The first-order chi connectivity index (χ1) is 12.6. The van der Waals surface area contributed by atoms with Crippen molar-refractivity contribution in [3.05, 3.63) is 25.3 Å². The fourth-order valence-corrected chi connectivity index (χ4v) is 2.02. The third-order valence-electron chi connectivity index (χ3n) is 4.33. The summed E-state index contributed by atoms with van der Waals surface area (Å²) >= 11 is 0. The van der Waals surface area contributed by atoms with Gasteiger partial charge in [0.25, 0.3) is 0 Å². The van der Waals surface area contributed by atoms with E-state index < -0.39 is 61.1 Å². The van der Waals surface area contributed by atoms with Crippen molar-refractivity contribution in [3.63, 3.8) is 0 Å². The summed E-state index contributed by atoms with van der Waals surface area (Å²) < 4.78 is 15.1. The van der Waals surface area contributed by atoms with E-state index in [1.54, 1.807) is 13.8 Å². The molecule has 2 N–H and O–H groups in total. The third kappa shape index (κ3) is 6.86. The number of aliphatic carboxylic acids is 2. The molecule has 0 spiro atoms. The summed E-state index contributed by atoms with van der Waals surface area (Å²) in [7, 11) is 0. The Kier molecular flexibility index (Phi) is 10.0. The number of rotatable bonds is 14. The molecular formula is C18H26O9. The van der Waals surface area contributed by atoms with Crippen LogP contribution < -0.4 is 0 Å². The van der Waals surface area contributed by atoms with Gasteiger partial charge in [-0.3, -0.25) is 9.59 Å². The Labute approximate surface area is 157 Å². The van der Waals surface area contributed by atoms with Crippen LogP contribution in [-0.2, 0) is 33.4 Å². The number of esters is 2. The highest BCUT2D eigenvalue weighted by molar-refractivity contribution is 5.82. The van der Waals surface area contributed by atoms with Crippen LogP contribution in [0.15, 0.2) is 25.3 Å². The van der Waals surface area contributed by atoms with Crippen LogP contribution in [0.5, 0.6) is 0 Å². The maximum atomic E-state index is 11.7. The van der Waals surface area contributed by atoms with Crippen LogP contribution in [0.1, 0.15) is 26.7 Å². The number of carboxylic acids is 2. The van der Waals surface area contributed by atoms with Crippen molar-refractivity contribution in [2.24, 2.45) is 10.8 Å². The molecule has 152 valence electrons. The van der Waals surface area contributed by atoms with Crippen LogP contribution >= 0.6 is 0 Å². The molecule has 0 aliphatic heterocycles. The van der Waals surface area contributed by atoms with Crippen LogP contribution in [0, 0.1) is 10.8 Å². The molecule has 0 saturated carbocycles. The van der Waals surface area contributed by atoms with Gasteiger partial charge in [-0.15, -0.1) is 0 Å². The average molecular weight is 386 g/mol. The van der Waals surface area contributed by atoms with Gasteiger partial charge in [-0.1, -0.05) is 27.0 Å². The van der Waals surface area contributed by atoms with E-state index in [0.29, 0.717) is 0 Å². The lowest BCUT2D eigenvalue weighted by Gasteiger charge is -2.31. The summed E-state index contributed by atoms with van der Waals surface area (Å²) in [6.07, 6.45) is 1.96. The normalized spacial score (nSPS) is 14.9. The molecule has 9 nitrogen and oxygen atoms in total. The average Bonchev–Trinajstić information content (AvgIpc) is 2.65. The van der Waals surface area contributed by atoms with E-state index in [0.717, 1.165) is 12.2 Å². The molecular weight excluding hydrogens is 360 g/mol. The van der Waals surface area contributed by atoms with Gasteiger partial charge in [0, 0.05) is 12.2 Å². The summed E-state index contributed by atoms with van der Waals surface area (Å²) in [5, 5.41) is 19.0. The van der Waals surface area contributed by atoms with Gasteiger partial charge in [-0.05, 0) is 12.8 Å². The smallest absolute Gasteiger partial charge is 0.330 e. The Balaban J connectivity index is 5.19. The van der Waals surface area contributed by atoms with Crippen LogP contribution in [-0.4, -0.2) is 60.5 Å².